The lowest BCUT2D eigenvalue weighted by Crippen LogP contribution is -1.96. The number of nitrogen functional groups attached to an aromatic ring is 1. The van der Waals surface area contributed by atoms with Gasteiger partial charge in [-0.2, -0.15) is 4.98 Å². The average Bonchev–Trinajstić information content (AvgIpc) is 2.89. The van der Waals surface area contributed by atoms with Crippen molar-refractivity contribution in [2.45, 2.75) is 6.92 Å². The van der Waals surface area contributed by atoms with Crippen molar-refractivity contribution in [3.63, 3.8) is 0 Å². The van der Waals surface area contributed by atoms with Crippen molar-refractivity contribution >= 4 is 5.82 Å². The van der Waals surface area contributed by atoms with Crippen molar-refractivity contribution < 1.29 is 4.52 Å². The predicted octanol–water partition coefficient (Wildman–Crippen LogP) is 1.48. The van der Waals surface area contributed by atoms with Crippen LogP contribution in [0.2, 0.25) is 0 Å². The second-order valence-electron chi connectivity index (χ2n) is 3.88. The van der Waals surface area contributed by atoms with Crippen molar-refractivity contribution in [2.75, 3.05) is 5.73 Å². The van der Waals surface area contributed by atoms with E-state index in [1.54, 1.807) is 0 Å². The van der Waals surface area contributed by atoms with Crippen molar-refractivity contribution in [3.05, 3.63) is 36.3 Å². The number of hydrogen-bond acceptors (Lipinski definition) is 7. The Morgan fingerprint density at radius 3 is 2.74 bits per heavy atom. The SMILES string of the molecule is Cc1cccc(-c2noc(-c3nccnc3N)n2)n1. The van der Waals surface area contributed by atoms with Gasteiger partial charge >= 0.3 is 0 Å². The minimum absolute atomic E-state index is 0.226. The van der Waals surface area contributed by atoms with Crippen LogP contribution in [0.25, 0.3) is 23.1 Å². The number of aryl methyl sites for hydroxylation is 1. The standard InChI is InChI=1S/C12H10N6O/c1-7-3-2-4-8(16-7)11-17-12(19-18-11)9-10(13)15-6-5-14-9/h2-6H,1H3,(H2,13,15). The summed E-state index contributed by atoms with van der Waals surface area (Å²) in [5, 5.41) is 3.87. The van der Waals surface area contributed by atoms with Crippen LogP contribution < -0.4 is 5.73 Å². The maximum absolute atomic E-state index is 5.71. The summed E-state index contributed by atoms with van der Waals surface area (Å²) < 4.78 is 5.14. The van der Waals surface area contributed by atoms with E-state index in [1.165, 1.54) is 12.4 Å². The number of nitrogens with zero attached hydrogens (tertiary/aromatic N) is 5. The zero-order chi connectivity index (χ0) is 13.2. The molecule has 3 rings (SSSR count). The highest BCUT2D eigenvalue weighted by Crippen LogP contribution is 2.22. The Bertz CT molecular complexity index is 723. The van der Waals surface area contributed by atoms with Crippen LogP contribution in [0, 0.1) is 6.92 Å². The second kappa shape index (κ2) is 4.45. The molecule has 0 amide bonds. The van der Waals surface area contributed by atoms with E-state index in [0.29, 0.717) is 17.2 Å². The lowest BCUT2D eigenvalue weighted by Gasteiger charge is -1.96. The normalized spacial score (nSPS) is 10.6. The Kier molecular flexibility index (Phi) is 2.64. The minimum atomic E-state index is 0.226. The van der Waals surface area contributed by atoms with Crippen molar-refractivity contribution in [1.29, 1.82) is 0 Å². The van der Waals surface area contributed by atoms with E-state index in [-0.39, 0.29) is 11.7 Å². The summed E-state index contributed by atoms with van der Waals surface area (Å²) in [6.07, 6.45) is 3.01. The van der Waals surface area contributed by atoms with Crippen LogP contribution in [-0.4, -0.2) is 25.1 Å². The number of pyridine rings is 1. The van der Waals surface area contributed by atoms with E-state index in [9.17, 15) is 0 Å². The third-order valence-electron chi connectivity index (χ3n) is 2.47. The molecular formula is C12H10N6O. The molecule has 3 heterocycles. The average molecular weight is 254 g/mol. The number of nitrogens with two attached hydrogens (primary N) is 1. The second-order valence-corrected chi connectivity index (χ2v) is 3.88. The maximum atomic E-state index is 5.71. The molecule has 0 saturated heterocycles. The van der Waals surface area contributed by atoms with E-state index >= 15 is 0 Å². The number of aromatic nitrogens is 5. The highest BCUT2D eigenvalue weighted by molar-refractivity contribution is 5.63. The van der Waals surface area contributed by atoms with Gasteiger partial charge in [0, 0.05) is 18.1 Å². The molecule has 0 aliphatic rings. The van der Waals surface area contributed by atoms with Crippen LogP contribution in [0.5, 0.6) is 0 Å². The van der Waals surface area contributed by atoms with Crippen LogP contribution in [0.15, 0.2) is 35.1 Å². The molecule has 0 unspecified atom stereocenters. The Morgan fingerprint density at radius 1 is 1.11 bits per heavy atom. The van der Waals surface area contributed by atoms with Gasteiger partial charge in [0.1, 0.15) is 5.69 Å². The zero-order valence-corrected chi connectivity index (χ0v) is 10.1. The van der Waals surface area contributed by atoms with Gasteiger partial charge in [0.05, 0.1) is 0 Å². The Balaban J connectivity index is 2.03. The molecule has 0 radical (unpaired) electrons. The molecule has 19 heavy (non-hydrogen) atoms. The molecule has 2 N–H and O–H groups in total. The molecule has 0 aliphatic carbocycles. The van der Waals surface area contributed by atoms with E-state index in [2.05, 4.69) is 25.1 Å². The maximum Gasteiger partial charge on any atom is 0.280 e. The molecule has 7 heteroatoms. The molecule has 0 atom stereocenters. The van der Waals surface area contributed by atoms with Crippen LogP contribution in [-0.2, 0) is 0 Å². The van der Waals surface area contributed by atoms with Crippen LogP contribution in [0.3, 0.4) is 0 Å². The summed E-state index contributed by atoms with van der Waals surface area (Å²) in [5.74, 6) is 0.863. The fourth-order valence-electron chi connectivity index (χ4n) is 1.60. The Labute approximate surface area is 108 Å². The minimum Gasteiger partial charge on any atom is -0.382 e. The predicted molar refractivity (Wildman–Crippen MR) is 67.7 cm³/mol. The van der Waals surface area contributed by atoms with E-state index in [1.807, 2.05) is 25.1 Å². The number of anilines is 1. The van der Waals surface area contributed by atoms with Crippen molar-refractivity contribution in [3.8, 4) is 23.1 Å². The first-order valence-corrected chi connectivity index (χ1v) is 5.58. The first-order valence-electron chi connectivity index (χ1n) is 5.58. The third kappa shape index (κ3) is 2.13. The third-order valence-corrected chi connectivity index (χ3v) is 2.47. The van der Waals surface area contributed by atoms with E-state index in [0.717, 1.165) is 5.69 Å². The van der Waals surface area contributed by atoms with Gasteiger partial charge in [-0.25, -0.2) is 15.0 Å². The molecule has 94 valence electrons. The summed E-state index contributed by atoms with van der Waals surface area (Å²) in [6, 6.07) is 5.58. The van der Waals surface area contributed by atoms with Gasteiger partial charge in [-0.05, 0) is 19.1 Å². The zero-order valence-electron chi connectivity index (χ0n) is 10.1. The first-order chi connectivity index (χ1) is 9.24. The Morgan fingerprint density at radius 2 is 1.95 bits per heavy atom. The summed E-state index contributed by atoms with van der Waals surface area (Å²) in [7, 11) is 0. The molecule has 0 saturated carbocycles. The van der Waals surface area contributed by atoms with Gasteiger partial charge in [-0.1, -0.05) is 11.2 Å². The largest absolute Gasteiger partial charge is 0.382 e. The molecule has 0 bridgehead atoms. The topological polar surface area (TPSA) is 104 Å². The molecule has 0 aliphatic heterocycles. The molecule has 7 nitrogen and oxygen atoms in total. The summed E-state index contributed by atoms with van der Waals surface area (Å²) in [4.78, 5) is 16.5. The molecule has 3 aromatic heterocycles. The van der Waals surface area contributed by atoms with Gasteiger partial charge in [-0.3, -0.25) is 0 Å². The van der Waals surface area contributed by atoms with Crippen LogP contribution in [0.4, 0.5) is 5.82 Å². The molecule has 0 fully saturated rings. The van der Waals surface area contributed by atoms with Gasteiger partial charge < -0.3 is 10.3 Å². The van der Waals surface area contributed by atoms with Gasteiger partial charge in [0.25, 0.3) is 5.89 Å². The summed E-state index contributed by atoms with van der Waals surface area (Å²) in [5.41, 5.74) is 7.59. The lowest BCUT2D eigenvalue weighted by atomic mass is 10.3. The van der Waals surface area contributed by atoms with Crippen LogP contribution >= 0.6 is 0 Å². The molecule has 0 spiro atoms. The quantitative estimate of drug-likeness (QED) is 0.738. The number of rotatable bonds is 2. The first kappa shape index (κ1) is 11.3. The number of hydrogen-bond donors (Lipinski definition) is 1. The highest BCUT2D eigenvalue weighted by atomic mass is 16.5. The highest BCUT2D eigenvalue weighted by Gasteiger charge is 2.15. The van der Waals surface area contributed by atoms with Gasteiger partial charge in [0.2, 0.25) is 5.82 Å². The van der Waals surface area contributed by atoms with Crippen molar-refractivity contribution in [1.82, 2.24) is 25.1 Å². The monoisotopic (exact) mass is 254 g/mol. The molecular weight excluding hydrogens is 244 g/mol. The van der Waals surface area contributed by atoms with Crippen LogP contribution in [0.1, 0.15) is 5.69 Å². The van der Waals surface area contributed by atoms with Gasteiger partial charge in [-0.15, -0.1) is 0 Å². The Hall–Kier alpha value is -2.83. The van der Waals surface area contributed by atoms with E-state index in [4.69, 9.17) is 10.3 Å². The fourth-order valence-corrected chi connectivity index (χ4v) is 1.60. The molecule has 0 aromatic carbocycles. The van der Waals surface area contributed by atoms with Gasteiger partial charge in [0.15, 0.2) is 11.5 Å². The summed E-state index contributed by atoms with van der Waals surface area (Å²) in [6.45, 7) is 1.89. The summed E-state index contributed by atoms with van der Waals surface area (Å²) >= 11 is 0. The smallest absolute Gasteiger partial charge is 0.280 e. The van der Waals surface area contributed by atoms with Crippen molar-refractivity contribution in [2.24, 2.45) is 0 Å². The van der Waals surface area contributed by atoms with E-state index < -0.39 is 0 Å². The fraction of sp³-hybridized carbons (Fsp3) is 0.0833. The molecule has 3 aromatic rings. The lowest BCUT2D eigenvalue weighted by molar-refractivity contribution is 0.431.